The van der Waals surface area contributed by atoms with Crippen molar-refractivity contribution >= 4 is 28.7 Å². The van der Waals surface area contributed by atoms with Gasteiger partial charge in [-0.1, -0.05) is 24.2 Å². The Morgan fingerprint density at radius 3 is 2.83 bits per heavy atom. The van der Waals surface area contributed by atoms with Crippen LogP contribution in [0.1, 0.15) is 75.9 Å². The first-order valence-electron chi connectivity index (χ1n) is 10.4. The van der Waals surface area contributed by atoms with E-state index in [9.17, 15) is 4.79 Å². The van der Waals surface area contributed by atoms with E-state index in [1.165, 1.54) is 0 Å². The lowest BCUT2D eigenvalue weighted by Crippen LogP contribution is -2.47. The number of nitrogens with zero attached hydrogens (tertiary/aromatic N) is 4. The maximum atomic E-state index is 11.6. The molecule has 1 aliphatic carbocycles. The standard InChI is InChI=1S/C21H30N4O3S/c1-14(26)25-9-6-15(7-10-25)19-22-17(12-29-19)16-11-21(28-23-16)13-20(2,3)8-5-18(21)24-27-4/h12,15H,5-11,13H2,1-4H3. The molecule has 2 aliphatic heterocycles. The lowest BCUT2D eigenvalue weighted by Gasteiger charge is -2.40. The number of piperidine rings is 1. The number of aromatic nitrogens is 1. The van der Waals surface area contributed by atoms with E-state index in [1.54, 1.807) is 25.4 Å². The third kappa shape index (κ3) is 4.04. The van der Waals surface area contributed by atoms with E-state index in [4.69, 9.17) is 14.7 Å². The summed E-state index contributed by atoms with van der Waals surface area (Å²) in [5.74, 6) is 0.579. The Bertz CT molecular complexity index is 839. The molecule has 4 rings (SSSR count). The Balaban J connectivity index is 1.47. The molecule has 1 aromatic rings. The maximum absolute atomic E-state index is 11.6. The van der Waals surface area contributed by atoms with Gasteiger partial charge in [-0.2, -0.15) is 0 Å². The molecule has 2 fully saturated rings. The molecule has 8 heteroatoms. The largest absolute Gasteiger partial charge is 0.399 e. The van der Waals surface area contributed by atoms with Crippen molar-refractivity contribution in [3.63, 3.8) is 0 Å². The van der Waals surface area contributed by atoms with Crippen molar-refractivity contribution in [2.24, 2.45) is 15.7 Å². The zero-order chi connectivity index (χ0) is 20.6. The molecule has 3 heterocycles. The smallest absolute Gasteiger partial charge is 0.219 e. The summed E-state index contributed by atoms with van der Waals surface area (Å²) < 4.78 is 0. The van der Waals surface area contributed by atoms with E-state index in [0.717, 1.165) is 67.3 Å². The average molecular weight is 419 g/mol. The summed E-state index contributed by atoms with van der Waals surface area (Å²) >= 11 is 1.69. The fourth-order valence-electron chi connectivity index (χ4n) is 4.80. The molecule has 1 saturated heterocycles. The zero-order valence-electron chi connectivity index (χ0n) is 17.7. The Morgan fingerprint density at radius 1 is 1.38 bits per heavy atom. The number of thiazole rings is 1. The lowest BCUT2D eigenvalue weighted by molar-refractivity contribution is -0.129. The molecule has 0 N–H and O–H groups in total. The molecule has 1 atom stereocenters. The summed E-state index contributed by atoms with van der Waals surface area (Å²) in [6.07, 6.45) is 5.42. The SMILES string of the molecule is CON=C1CCC(C)(C)CC12CC(c1csc(C3CCN(C(C)=O)CC3)n1)=NO2. The predicted octanol–water partition coefficient (Wildman–Crippen LogP) is 3.94. The minimum absolute atomic E-state index is 0.162. The summed E-state index contributed by atoms with van der Waals surface area (Å²) in [5.41, 5.74) is 2.43. The summed E-state index contributed by atoms with van der Waals surface area (Å²) in [6.45, 7) is 7.81. The van der Waals surface area contributed by atoms with E-state index in [0.29, 0.717) is 12.3 Å². The maximum Gasteiger partial charge on any atom is 0.219 e. The molecule has 1 aromatic heterocycles. The van der Waals surface area contributed by atoms with Crippen LogP contribution in [-0.4, -0.2) is 53.0 Å². The van der Waals surface area contributed by atoms with Gasteiger partial charge in [0.05, 0.1) is 10.7 Å². The summed E-state index contributed by atoms with van der Waals surface area (Å²) in [5, 5.41) is 12.0. The number of hydrogen-bond acceptors (Lipinski definition) is 7. The molecule has 1 amide bonds. The highest BCUT2D eigenvalue weighted by molar-refractivity contribution is 7.10. The molecular formula is C21H30N4O3S. The van der Waals surface area contributed by atoms with E-state index >= 15 is 0 Å². The molecule has 1 unspecified atom stereocenters. The molecule has 3 aliphatic rings. The third-order valence-corrected chi connectivity index (χ3v) is 7.43. The second-order valence-electron chi connectivity index (χ2n) is 9.21. The van der Waals surface area contributed by atoms with Gasteiger partial charge in [0.2, 0.25) is 5.91 Å². The minimum Gasteiger partial charge on any atom is -0.399 e. The highest BCUT2D eigenvalue weighted by atomic mass is 32.1. The number of amides is 1. The van der Waals surface area contributed by atoms with Gasteiger partial charge >= 0.3 is 0 Å². The second-order valence-corrected chi connectivity index (χ2v) is 10.1. The minimum atomic E-state index is -0.510. The Hall–Kier alpha value is -1.96. The van der Waals surface area contributed by atoms with Crippen molar-refractivity contribution in [1.82, 2.24) is 9.88 Å². The van der Waals surface area contributed by atoms with Crippen molar-refractivity contribution in [3.05, 3.63) is 16.1 Å². The van der Waals surface area contributed by atoms with Crippen LogP contribution in [-0.2, 0) is 14.5 Å². The van der Waals surface area contributed by atoms with Crippen molar-refractivity contribution in [2.45, 2.75) is 70.8 Å². The number of rotatable bonds is 3. The molecule has 0 bridgehead atoms. The third-order valence-electron chi connectivity index (χ3n) is 6.42. The topological polar surface area (TPSA) is 76.4 Å². The van der Waals surface area contributed by atoms with Crippen LogP contribution in [0.25, 0.3) is 0 Å². The van der Waals surface area contributed by atoms with Gasteiger partial charge in [-0.25, -0.2) is 4.98 Å². The van der Waals surface area contributed by atoms with Crippen LogP contribution in [0.2, 0.25) is 0 Å². The molecule has 29 heavy (non-hydrogen) atoms. The Morgan fingerprint density at radius 2 is 2.14 bits per heavy atom. The molecular weight excluding hydrogens is 388 g/mol. The van der Waals surface area contributed by atoms with Crippen LogP contribution in [0.4, 0.5) is 0 Å². The Kier molecular flexibility index (Phi) is 5.40. The van der Waals surface area contributed by atoms with Crippen molar-refractivity contribution < 1.29 is 14.5 Å². The van der Waals surface area contributed by atoms with Crippen LogP contribution >= 0.6 is 11.3 Å². The first kappa shape index (κ1) is 20.3. The van der Waals surface area contributed by atoms with Gasteiger partial charge in [0.1, 0.15) is 18.5 Å². The first-order valence-corrected chi connectivity index (χ1v) is 11.3. The van der Waals surface area contributed by atoms with Crippen molar-refractivity contribution in [3.8, 4) is 0 Å². The van der Waals surface area contributed by atoms with Gasteiger partial charge in [-0.3, -0.25) is 4.79 Å². The van der Waals surface area contributed by atoms with Gasteiger partial charge < -0.3 is 14.6 Å². The predicted molar refractivity (Wildman–Crippen MR) is 113 cm³/mol. The number of carbonyl (C=O) groups is 1. The molecule has 0 aromatic carbocycles. The fourth-order valence-corrected chi connectivity index (χ4v) is 5.80. The number of hydrogen-bond donors (Lipinski definition) is 0. The zero-order valence-corrected chi connectivity index (χ0v) is 18.5. The quantitative estimate of drug-likeness (QED) is 0.697. The molecule has 1 spiro atoms. The highest BCUT2D eigenvalue weighted by Crippen LogP contribution is 2.46. The monoisotopic (exact) mass is 418 g/mol. The van der Waals surface area contributed by atoms with Gasteiger partial charge in [0.25, 0.3) is 0 Å². The molecule has 158 valence electrons. The van der Waals surface area contributed by atoms with E-state index in [-0.39, 0.29) is 11.3 Å². The number of oxime groups is 2. The normalized spacial score (nSPS) is 28.5. The van der Waals surface area contributed by atoms with E-state index in [2.05, 4.69) is 29.5 Å². The van der Waals surface area contributed by atoms with Gasteiger partial charge in [0, 0.05) is 44.2 Å². The summed E-state index contributed by atoms with van der Waals surface area (Å²) in [6, 6.07) is 0. The van der Waals surface area contributed by atoms with E-state index in [1.807, 2.05) is 4.90 Å². The van der Waals surface area contributed by atoms with Crippen LogP contribution in [0.5, 0.6) is 0 Å². The fraction of sp³-hybridized carbons (Fsp3) is 0.714. The molecule has 0 radical (unpaired) electrons. The van der Waals surface area contributed by atoms with Crippen LogP contribution < -0.4 is 0 Å². The highest BCUT2D eigenvalue weighted by Gasteiger charge is 2.51. The molecule has 7 nitrogen and oxygen atoms in total. The van der Waals surface area contributed by atoms with Crippen LogP contribution in [0, 0.1) is 5.41 Å². The van der Waals surface area contributed by atoms with Gasteiger partial charge in [-0.15, -0.1) is 11.3 Å². The second kappa shape index (κ2) is 7.70. The van der Waals surface area contributed by atoms with Gasteiger partial charge in [0.15, 0.2) is 5.60 Å². The number of likely N-dealkylation sites (tertiary alicyclic amines) is 1. The van der Waals surface area contributed by atoms with Crippen LogP contribution in [0.15, 0.2) is 15.7 Å². The summed E-state index contributed by atoms with van der Waals surface area (Å²) in [4.78, 5) is 29.5. The van der Waals surface area contributed by atoms with E-state index < -0.39 is 5.60 Å². The number of carbonyl (C=O) groups excluding carboxylic acids is 1. The lowest BCUT2D eigenvalue weighted by atomic mass is 9.67. The molecule has 1 saturated carbocycles. The Labute approximate surface area is 176 Å². The van der Waals surface area contributed by atoms with Crippen LogP contribution in [0.3, 0.4) is 0 Å². The summed E-state index contributed by atoms with van der Waals surface area (Å²) in [7, 11) is 1.58. The van der Waals surface area contributed by atoms with Gasteiger partial charge in [-0.05, 0) is 31.1 Å². The first-order chi connectivity index (χ1) is 13.8. The van der Waals surface area contributed by atoms with Crippen molar-refractivity contribution in [1.29, 1.82) is 0 Å². The average Bonchev–Trinajstić information content (AvgIpc) is 3.32. The van der Waals surface area contributed by atoms with Crippen molar-refractivity contribution in [2.75, 3.05) is 20.2 Å².